The summed E-state index contributed by atoms with van der Waals surface area (Å²) in [6.45, 7) is 17.2. The molecule has 5 heterocycles. The summed E-state index contributed by atoms with van der Waals surface area (Å²) in [6.07, 6.45) is 0.922. The Morgan fingerprint density at radius 2 is 1.89 bits per heavy atom. The first-order valence-electron chi connectivity index (χ1n) is 14.6. The van der Waals surface area contributed by atoms with Crippen LogP contribution >= 0.6 is 0 Å². The zero-order valence-electron chi connectivity index (χ0n) is 26.5. The molecule has 4 atom stereocenters. The molecule has 44 heavy (non-hydrogen) atoms. The Morgan fingerprint density at radius 3 is 2.52 bits per heavy atom. The van der Waals surface area contributed by atoms with E-state index in [1.165, 1.54) is 12.4 Å². The van der Waals surface area contributed by atoms with Gasteiger partial charge in [-0.25, -0.2) is 14.8 Å². The highest BCUT2D eigenvalue weighted by Gasteiger charge is 2.67. The van der Waals surface area contributed by atoms with Crippen molar-refractivity contribution in [3.8, 4) is 0 Å². The lowest BCUT2D eigenvalue weighted by atomic mass is 9.96. The number of carbonyl (C=O) groups excluding carboxylic acids is 3. The maximum absolute atomic E-state index is 12.7. The Labute approximate surface area is 256 Å². The third-order valence-corrected chi connectivity index (χ3v) is 13.3. The third-order valence-electron chi connectivity index (χ3n) is 8.20. The number of anilines is 1. The van der Waals surface area contributed by atoms with Crippen LogP contribution in [0.3, 0.4) is 0 Å². The fraction of sp³-hybridized carbons (Fsp3) is 0.621. The number of nitrogens with one attached hydrogen (secondary N) is 2. The average molecular weight is 632 g/mol. The summed E-state index contributed by atoms with van der Waals surface area (Å²) in [4.78, 5) is 45.7. The molecule has 15 heteroatoms. The average Bonchev–Trinajstić information content (AvgIpc) is 3.36. The molecule has 0 bridgehead atoms. The van der Waals surface area contributed by atoms with Gasteiger partial charge in [-0.2, -0.15) is 0 Å². The molecule has 14 nitrogen and oxygen atoms in total. The van der Waals surface area contributed by atoms with E-state index in [4.69, 9.17) is 23.1 Å². The summed E-state index contributed by atoms with van der Waals surface area (Å²) in [5.74, 6) is -1.25. The molecule has 2 amide bonds. The lowest BCUT2D eigenvalue weighted by molar-refractivity contribution is -0.155. The molecule has 5 rings (SSSR count). The standard InChI is InChI=1S/C29H41N5O9Si/c1-15(2)24(36)39-14-40-26(37)32-17-10-19(35)33-22-20-16(17)11-34(23(20)31-13-30-22)25-29(9,38)21-18(42-25)12-41-44(43-21,27(3,4)5)28(6,7)8/h10-11,13,15,18,21,25,38H,12,14H2,1-9H3,(H,32,37)(H,30,31,33,35). The molecule has 0 aromatic carbocycles. The second-order valence-electron chi connectivity index (χ2n) is 13.9. The number of aliphatic hydroxyl groups is 1. The lowest BCUT2D eigenvalue weighted by Crippen LogP contribution is -2.66. The maximum Gasteiger partial charge on any atom is 0.414 e. The highest BCUT2D eigenvalue weighted by atomic mass is 28.4. The van der Waals surface area contributed by atoms with Gasteiger partial charge in [0, 0.05) is 27.9 Å². The molecule has 2 aromatic heterocycles. The molecule has 0 spiro atoms. The molecule has 3 aliphatic rings. The third kappa shape index (κ3) is 5.30. The van der Waals surface area contributed by atoms with Crippen LogP contribution < -0.4 is 10.6 Å². The lowest BCUT2D eigenvalue weighted by Gasteiger charge is -2.54. The van der Waals surface area contributed by atoms with Crippen LogP contribution in [0.2, 0.25) is 10.1 Å². The predicted octanol–water partition coefficient (Wildman–Crippen LogP) is 3.71. The molecule has 2 fully saturated rings. The molecule has 4 unspecified atom stereocenters. The second kappa shape index (κ2) is 10.9. The van der Waals surface area contributed by atoms with E-state index >= 15 is 0 Å². The van der Waals surface area contributed by atoms with E-state index in [0.717, 1.165) is 0 Å². The number of fused-ring (bicyclic) bond motifs is 1. The van der Waals surface area contributed by atoms with Crippen molar-refractivity contribution in [1.82, 2.24) is 19.9 Å². The van der Waals surface area contributed by atoms with E-state index in [1.54, 1.807) is 31.5 Å². The highest BCUT2D eigenvalue weighted by Crippen LogP contribution is 2.57. The SMILES string of the molecule is CC(C)C(=O)OCOC(=O)NC1=CC(=O)Nc2ncnc3c2c1cn3C1OC2CO[Si](C(C)(C)C)(C(C)(C)C)OC2C1(C)O. The Bertz CT molecular complexity index is 1510. The van der Waals surface area contributed by atoms with Crippen molar-refractivity contribution in [1.29, 1.82) is 0 Å². The van der Waals surface area contributed by atoms with Crippen molar-refractivity contribution in [3.63, 3.8) is 0 Å². The van der Waals surface area contributed by atoms with Gasteiger partial charge in [0.15, 0.2) is 6.23 Å². The summed E-state index contributed by atoms with van der Waals surface area (Å²) < 4.78 is 31.4. The van der Waals surface area contributed by atoms with Gasteiger partial charge < -0.3 is 38.1 Å². The smallest absolute Gasteiger partial charge is 0.414 e. The normalized spacial score (nSPS) is 26.5. The van der Waals surface area contributed by atoms with Gasteiger partial charge in [-0.05, 0) is 6.92 Å². The fourth-order valence-electron chi connectivity index (χ4n) is 6.37. The second-order valence-corrected chi connectivity index (χ2v) is 18.7. The van der Waals surface area contributed by atoms with Crippen molar-refractivity contribution in [2.24, 2.45) is 5.92 Å². The number of ether oxygens (including phenoxy) is 3. The quantitative estimate of drug-likeness (QED) is 0.249. The molecule has 3 aliphatic heterocycles. The van der Waals surface area contributed by atoms with Gasteiger partial charge in [0.25, 0.3) is 5.91 Å². The Morgan fingerprint density at radius 1 is 1.20 bits per heavy atom. The first kappa shape index (κ1) is 32.0. The van der Waals surface area contributed by atoms with Crippen LogP contribution in [0.15, 0.2) is 18.6 Å². The van der Waals surface area contributed by atoms with Crippen LogP contribution in [0, 0.1) is 5.92 Å². The number of hydrogen-bond donors (Lipinski definition) is 3. The van der Waals surface area contributed by atoms with Gasteiger partial charge >= 0.3 is 20.6 Å². The number of rotatable bonds is 5. The van der Waals surface area contributed by atoms with Gasteiger partial charge in [-0.1, -0.05) is 55.4 Å². The molecule has 2 aromatic rings. The van der Waals surface area contributed by atoms with Crippen molar-refractivity contribution >= 4 is 49.1 Å². The van der Waals surface area contributed by atoms with Gasteiger partial charge in [-0.15, -0.1) is 0 Å². The largest absolute Gasteiger partial charge is 0.428 e. The number of aromatic nitrogens is 3. The molecule has 0 saturated carbocycles. The van der Waals surface area contributed by atoms with Crippen LogP contribution in [-0.2, 0) is 32.7 Å². The number of esters is 1. The number of carbonyl (C=O) groups is 3. The van der Waals surface area contributed by atoms with Crippen molar-refractivity contribution in [2.45, 2.75) is 96.4 Å². The van der Waals surface area contributed by atoms with Crippen molar-refractivity contribution in [3.05, 3.63) is 24.2 Å². The first-order chi connectivity index (χ1) is 20.4. The number of amides is 2. The zero-order valence-corrected chi connectivity index (χ0v) is 27.5. The van der Waals surface area contributed by atoms with Crippen LogP contribution in [0.1, 0.15) is 74.1 Å². The van der Waals surface area contributed by atoms with Gasteiger partial charge in [0.05, 0.1) is 23.6 Å². The minimum absolute atomic E-state index is 0.0847. The Balaban J connectivity index is 1.49. The van der Waals surface area contributed by atoms with E-state index in [-0.39, 0.29) is 28.2 Å². The summed E-state index contributed by atoms with van der Waals surface area (Å²) in [6, 6.07) is 0. The molecule has 0 radical (unpaired) electrons. The highest BCUT2D eigenvalue weighted by molar-refractivity contribution is 6.73. The first-order valence-corrected chi connectivity index (χ1v) is 16.4. The number of alkyl carbamates (subject to hydrolysis) is 1. The van der Waals surface area contributed by atoms with Crippen LogP contribution in [0.4, 0.5) is 10.6 Å². The van der Waals surface area contributed by atoms with E-state index < -0.39 is 63.3 Å². The summed E-state index contributed by atoms with van der Waals surface area (Å²) in [5.41, 5.74) is -0.716. The van der Waals surface area contributed by atoms with Crippen LogP contribution in [0.25, 0.3) is 16.7 Å². The van der Waals surface area contributed by atoms with E-state index in [0.29, 0.717) is 16.6 Å². The molecular weight excluding hydrogens is 590 g/mol. The topological polar surface area (TPSA) is 172 Å². The van der Waals surface area contributed by atoms with Crippen LogP contribution in [-0.4, -0.2) is 77.4 Å². The van der Waals surface area contributed by atoms with Gasteiger partial charge in [-0.3, -0.25) is 14.9 Å². The molecular formula is C29H41N5O9Si. The van der Waals surface area contributed by atoms with Gasteiger partial charge in [0.2, 0.25) is 6.79 Å². The maximum atomic E-state index is 12.7. The van der Waals surface area contributed by atoms with Gasteiger partial charge in [0.1, 0.15) is 35.6 Å². The Kier molecular flexibility index (Phi) is 7.94. The molecule has 0 aliphatic carbocycles. The van der Waals surface area contributed by atoms with Crippen molar-refractivity contribution in [2.75, 3.05) is 18.7 Å². The van der Waals surface area contributed by atoms with E-state index in [2.05, 4.69) is 62.1 Å². The summed E-state index contributed by atoms with van der Waals surface area (Å²) >= 11 is 0. The van der Waals surface area contributed by atoms with E-state index in [9.17, 15) is 19.5 Å². The number of nitrogens with zero attached hydrogens (tertiary/aromatic N) is 3. The van der Waals surface area contributed by atoms with E-state index in [1.807, 2.05) is 0 Å². The summed E-state index contributed by atoms with van der Waals surface area (Å²) in [5, 5.41) is 17.2. The molecule has 240 valence electrons. The Hall–Kier alpha value is -3.37. The molecule has 3 N–H and O–H groups in total. The van der Waals surface area contributed by atoms with Crippen LogP contribution in [0.5, 0.6) is 0 Å². The summed E-state index contributed by atoms with van der Waals surface area (Å²) in [7, 11) is -2.94. The number of hydrogen-bond acceptors (Lipinski definition) is 11. The minimum Gasteiger partial charge on any atom is -0.428 e. The zero-order chi connectivity index (χ0) is 32.4. The van der Waals surface area contributed by atoms with Crippen molar-refractivity contribution < 1.29 is 42.6 Å². The minimum atomic E-state index is -2.94. The monoisotopic (exact) mass is 631 g/mol. The molecule has 2 saturated heterocycles. The predicted molar refractivity (Wildman–Crippen MR) is 160 cm³/mol. The fourth-order valence-corrected chi connectivity index (χ4v) is 11.4.